The Labute approximate surface area is 110 Å². The molecule has 0 spiro atoms. The van der Waals surface area contributed by atoms with Crippen LogP contribution < -0.4 is 5.32 Å². The van der Waals surface area contributed by atoms with Crippen LogP contribution in [0.4, 0.5) is 0 Å². The maximum Gasteiger partial charge on any atom is 0.235 e. The van der Waals surface area contributed by atoms with Crippen molar-refractivity contribution in [1.29, 1.82) is 0 Å². The van der Waals surface area contributed by atoms with Crippen molar-refractivity contribution in [2.24, 2.45) is 11.3 Å². The molecule has 2 amide bonds. The van der Waals surface area contributed by atoms with E-state index in [1.165, 1.54) is 4.90 Å². The van der Waals surface area contributed by atoms with Crippen molar-refractivity contribution >= 4 is 11.8 Å². The van der Waals surface area contributed by atoms with Gasteiger partial charge in [0.05, 0.1) is 5.41 Å². The van der Waals surface area contributed by atoms with Crippen LogP contribution in [0.25, 0.3) is 0 Å². The van der Waals surface area contributed by atoms with Crippen molar-refractivity contribution in [3.8, 4) is 0 Å². The Morgan fingerprint density at radius 1 is 1.33 bits per heavy atom. The second-order valence-electron chi connectivity index (χ2n) is 7.11. The van der Waals surface area contributed by atoms with Gasteiger partial charge in [-0.05, 0) is 33.2 Å². The monoisotopic (exact) mass is 254 g/mol. The van der Waals surface area contributed by atoms with Crippen LogP contribution >= 0.6 is 0 Å². The summed E-state index contributed by atoms with van der Waals surface area (Å²) in [5.74, 6) is 0.203. The highest BCUT2D eigenvalue weighted by Crippen LogP contribution is 2.31. The van der Waals surface area contributed by atoms with E-state index in [1.807, 2.05) is 13.8 Å². The van der Waals surface area contributed by atoms with Crippen molar-refractivity contribution in [2.45, 2.75) is 53.5 Å². The highest BCUT2D eigenvalue weighted by Gasteiger charge is 2.44. The smallest absolute Gasteiger partial charge is 0.235 e. The summed E-state index contributed by atoms with van der Waals surface area (Å²) in [6.45, 7) is 13.4. The molecule has 1 N–H and O–H groups in total. The minimum absolute atomic E-state index is 0.0323. The third kappa shape index (κ3) is 3.80. The van der Waals surface area contributed by atoms with Gasteiger partial charge < -0.3 is 5.32 Å². The first-order valence-corrected chi connectivity index (χ1v) is 6.63. The van der Waals surface area contributed by atoms with Gasteiger partial charge in [0.15, 0.2) is 0 Å². The number of carbonyl (C=O) groups is 2. The first kappa shape index (κ1) is 15.2. The van der Waals surface area contributed by atoms with E-state index in [4.69, 9.17) is 0 Å². The SMILES string of the molecule is CC(CNC(C)(C)C)CN1C(=O)CC(C)(C)C1=O. The Hall–Kier alpha value is -0.900. The van der Waals surface area contributed by atoms with E-state index in [0.717, 1.165) is 6.54 Å². The lowest BCUT2D eigenvalue weighted by Crippen LogP contribution is -2.43. The molecule has 104 valence electrons. The van der Waals surface area contributed by atoms with Gasteiger partial charge >= 0.3 is 0 Å². The van der Waals surface area contributed by atoms with Gasteiger partial charge in [0, 0.05) is 18.5 Å². The molecule has 4 heteroatoms. The van der Waals surface area contributed by atoms with Gasteiger partial charge in [-0.2, -0.15) is 0 Å². The number of hydrogen-bond donors (Lipinski definition) is 1. The van der Waals surface area contributed by atoms with Crippen LogP contribution in [-0.2, 0) is 9.59 Å². The standard InChI is InChI=1S/C14H26N2O2/c1-10(8-15-13(2,3)4)9-16-11(17)7-14(5,6)12(16)18/h10,15H,7-9H2,1-6H3. The molecule has 1 aliphatic rings. The van der Waals surface area contributed by atoms with Gasteiger partial charge in [0.25, 0.3) is 0 Å². The number of rotatable bonds is 4. The summed E-state index contributed by atoms with van der Waals surface area (Å²) in [7, 11) is 0. The Morgan fingerprint density at radius 3 is 2.28 bits per heavy atom. The molecular formula is C14H26N2O2. The van der Waals surface area contributed by atoms with Crippen molar-refractivity contribution in [2.75, 3.05) is 13.1 Å². The average molecular weight is 254 g/mol. The van der Waals surface area contributed by atoms with Crippen LogP contribution in [0.3, 0.4) is 0 Å². The molecule has 0 saturated carbocycles. The van der Waals surface area contributed by atoms with E-state index < -0.39 is 5.41 Å². The zero-order chi connectivity index (χ0) is 14.1. The van der Waals surface area contributed by atoms with Gasteiger partial charge in [-0.3, -0.25) is 14.5 Å². The Balaban J connectivity index is 2.53. The number of imide groups is 1. The maximum absolute atomic E-state index is 12.1. The normalized spacial score (nSPS) is 21.6. The third-order valence-electron chi connectivity index (χ3n) is 3.19. The fourth-order valence-electron chi connectivity index (χ4n) is 2.07. The molecule has 4 nitrogen and oxygen atoms in total. The van der Waals surface area contributed by atoms with Crippen LogP contribution in [0, 0.1) is 11.3 Å². The van der Waals surface area contributed by atoms with Gasteiger partial charge in [-0.15, -0.1) is 0 Å². The number of nitrogens with one attached hydrogen (secondary N) is 1. The van der Waals surface area contributed by atoms with Gasteiger partial charge in [0.1, 0.15) is 0 Å². The molecule has 18 heavy (non-hydrogen) atoms. The number of hydrogen-bond acceptors (Lipinski definition) is 3. The van der Waals surface area contributed by atoms with Crippen molar-refractivity contribution in [3.63, 3.8) is 0 Å². The van der Waals surface area contributed by atoms with E-state index >= 15 is 0 Å². The molecule has 1 heterocycles. The molecule has 1 fully saturated rings. The minimum atomic E-state index is -0.520. The van der Waals surface area contributed by atoms with E-state index in [-0.39, 0.29) is 23.3 Å². The topological polar surface area (TPSA) is 49.4 Å². The van der Waals surface area contributed by atoms with Gasteiger partial charge in [0.2, 0.25) is 11.8 Å². The third-order valence-corrected chi connectivity index (χ3v) is 3.19. The fraction of sp³-hybridized carbons (Fsp3) is 0.857. The molecule has 0 radical (unpaired) electrons. The molecule has 0 aromatic carbocycles. The van der Waals surface area contributed by atoms with Crippen molar-refractivity contribution in [3.05, 3.63) is 0 Å². The molecule has 1 atom stereocenters. The summed E-state index contributed by atoms with van der Waals surface area (Å²) in [5, 5.41) is 3.40. The lowest BCUT2D eigenvalue weighted by atomic mass is 9.92. The maximum atomic E-state index is 12.1. The highest BCUT2D eigenvalue weighted by atomic mass is 16.2. The average Bonchev–Trinajstić information content (AvgIpc) is 2.37. The largest absolute Gasteiger partial charge is 0.312 e. The van der Waals surface area contributed by atoms with E-state index in [9.17, 15) is 9.59 Å². The number of nitrogens with zero attached hydrogens (tertiary/aromatic N) is 1. The van der Waals surface area contributed by atoms with Crippen LogP contribution in [-0.4, -0.2) is 35.3 Å². The summed E-state index contributed by atoms with van der Waals surface area (Å²) in [5.41, 5.74) is -0.458. The molecule has 1 saturated heterocycles. The second-order valence-corrected chi connectivity index (χ2v) is 7.11. The van der Waals surface area contributed by atoms with E-state index in [2.05, 4.69) is 33.0 Å². The highest BCUT2D eigenvalue weighted by molar-refractivity contribution is 6.05. The first-order chi connectivity index (χ1) is 8.03. The Kier molecular flexibility index (Phi) is 4.21. The molecule has 0 aliphatic carbocycles. The molecule has 1 rings (SSSR count). The number of carbonyl (C=O) groups excluding carboxylic acids is 2. The van der Waals surface area contributed by atoms with Gasteiger partial charge in [-0.25, -0.2) is 0 Å². The first-order valence-electron chi connectivity index (χ1n) is 6.63. The van der Waals surface area contributed by atoms with E-state index in [0.29, 0.717) is 13.0 Å². The summed E-state index contributed by atoms with van der Waals surface area (Å²) in [4.78, 5) is 25.3. The predicted molar refractivity (Wildman–Crippen MR) is 72.0 cm³/mol. The number of amides is 2. The lowest BCUT2D eigenvalue weighted by Gasteiger charge is -2.26. The lowest BCUT2D eigenvalue weighted by molar-refractivity contribution is -0.141. The molecule has 1 unspecified atom stereocenters. The zero-order valence-corrected chi connectivity index (χ0v) is 12.5. The molecular weight excluding hydrogens is 228 g/mol. The number of likely N-dealkylation sites (tertiary alicyclic amines) is 1. The quantitative estimate of drug-likeness (QED) is 0.778. The van der Waals surface area contributed by atoms with Crippen molar-refractivity contribution in [1.82, 2.24) is 10.2 Å². The van der Waals surface area contributed by atoms with Gasteiger partial charge in [-0.1, -0.05) is 20.8 Å². The van der Waals surface area contributed by atoms with Crippen LogP contribution in [0.15, 0.2) is 0 Å². The fourth-order valence-corrected chi connectivity index (χ4v) is 2.07. The van der Waals surface area contributed by atoms with Crippen LogP contribution in [0.2, 0.25) is 0 Å². The second kappa shape index (κ2) is 5.00. The Bertz CT molecular complexity index is 342. The molecule has 0 bridgehead atoms. The zero-order valence-electron chi connectivity index (χ0n) is 12.5. The van der Waals surface area contributed by atoms with Crippen LogP contribution in [0.5, 0.6) is 0 Å². The minimum Gasteiger partial charge on any atom is -0.312 e. The summed E-state index contributed by atoms with van der Waals surface area (Å²) in [6, 6.07) is 0. The van der Waals surface area contributed by atoms with E-state index in [1.54, 1.807) is 0 Å². The summed E-state index contributed by atoms with van der Waals surface area (Å²) < 4.78 is 0. The predicted octanol–water partition coefficient (Wildman–Crippen LogP) is 1.80. The van der Waals surface area contributed by atoms with Crippen LogP contribution in [0.1, 0.15) is 48.0 Å². The summed E-state index contributed by atoms with van der Waals surface area (Å²) in [6.07, 6.45) is 0.339. The molecule has 1 aliphatic heterocycles. The molecule has 0 aromatic heterocycles. The van der Waals surface area contributed by atoms with Crippen molar-refractivity contribution < 1.29 is 9.59 Å². The summed E-state index contributed by atoms with van der Waals surface area (Å²) >= 11 is 0. The molecule has 0 aromatic rings. The Morgan fingerprint density at radius 2 is 1.89 bits per heavy atom.